The molecular weight excluding hydrogens is 470 g/mol. The van der Waals surface area contributed by atoms with Crippen molar-refractivity contribution in [3.8, 4) is 0 Å². The minimum Gasteiger partial charge on any atom is -0.318 e. The molecule has 4 rings (SSSR count). The van der Waals surface area contributed by atoms with Gasteiger partial charge < -0.3 is 4.90 Å². The molecule has 0 spiro atoms. The van der Waals surface area contributed by atoms with Crippen molar-refractivity contribution in [1.29, 1.82) is 0 Å². The Bertz CT molecular complexity index is 1260. The van der Waals surface area contributed by atoms with Crippen LogP contribution in [0.25, 0.3) is 5.57 Å². The van der Waals surface area contributed by atoms with Gasteiger partial charge in [-0.3, -0.25) is 0 Å². The molecule has 2 aromatic rings. The molecule has 1 heteroatoms. The Hall–Kier alpha value is -3.06. The summed E-state index contributed by atoms with van der Waals surface area (Å²) in [5, 5.41) is 0. The van der Waals surface area contributed by atoms with E-state index in [1.165, 1.54) is 52.2 Å². The topological polar surface area (TPSA) is 3.24 Å². The summed E-state index contributed by atoms with van der Waals surface area (Å²) in [6.45, 7) is 16.3. The first-order chi connectivity index (χ1) is 18.7. The van der Waals surface area contributed by atoms with Gasteiger partial charge in [0.05, 0.1) is 0 Å². The molecule has 1 unspecified atom stereocenters. The highest BCUT2D eigenvalue weighted by molar-refractivity contribution is 5.70. The number of rotatable bonds is 10. The van der Waals surface area contributed by atoms with Crippen molar-refractivity contribution in [2.75, 3.05) is 4.90 Å². The van der Waals surface area contributed by atoms with Crippen molar-refractivity contribution in [2.45, 2.75) is 92.9 Å². The van der Waals surface area contributed by atoms with Crippen LogP contribution in [-0.2, 0) is 0 Å². The second-order valence-electron chi connectivity index (χ2n) is 12.3. The van der Waals surface area contributed by atoms with E-state index in [-0.39, 0.29) is 5.41 Å². The number of nitrogens with zero attached hydrogens (tertiary/aromatic N) is 1. The predicted octanol–water partition coefficient (Wildman–Crippen LogP) is 11.4. The molecule has 0 bridgehead atoms. The van der Waals surface area contributed by atoms with Crippen LogP contribution in [0.4, 0.5) is 5.69 Å². The Kier molecular flexibility index (Phi) is 9.54. The standard InChI is InChI=1S/C38H49N/c1-8-29(5)31-17-23-35(24-18-31)39(36-25-19-33(20-26-36)38(6,7)9-2)34-21-15-30(16-22-34)27-37(28(3)4)32-13-11-10-12-14-32/h10-15,17-19,21,23-25,27-29H,8-9,16,20,22,26H2,1-7H3/b37-27+. The zero-order valence-corrected chi connectivity index (χ0v) is 25.4. The van der Waals surface area contributed by atoms with Crippen molar-refractivity contribution in [1.82, 2.24) is 0 Å². The van der Waals surface area contributed by atoms with Gasteiger partial charge in [0.25, 0.3) is 0 Å². The fourth-order valence-electron chi connectivity index (χ4n) is 5.67. The van der Waals surface area contributed by atoms with Gasteiger partial charge in [-0.05, 0) is 102 Å². The van der Waals surface area contributed by atoms with Crippen molar-refractivity contribution in [2.24, 2.45) is 11.3 Å². The fourth-order valence-corrected chi connectivity index (χ4v) is 5.67. The van der Waals surface area contributed by atoms with Crippen LogP contribution in [-0.4, -0.2) is 0 Å². The number of benzene rings is 2. The van der Waals surface area contributed by atoms with Crippen LogP contribution in [0.2, 0.25) is 0 Å². The molecule has 0 amide bonds. The molecule has 2 aromatic carbocycles. The first-order valence-corrected chi connectivity index (χ1v) is 15.2. The molecular formula is C38H49N. The van der Waals surface area contributed by atoms with Crippen LogP contribution in [0.1, 0.15) is 104 Å². The lowest BCUT2D eigenvalue weighted by Crippen LogP contribution is -2.25. The first-order valence-electron chi connectivity index (χ1n) is 15.2. The highest BCUT2D eigenvalue weighted by Crippen LogP contribution is 2.40. The summed E-state index contributed by atoms with van der Waals surface area (Å²) in [6, 6.07) is 20.2. The fraction of sp³-hybridized carbons (Fsp3) is 0.421. The normalized spacial score (nSPS) is 17.3. The van der Waals surface area contributed by atoms with Crippen molar-refractivity contribution in [3.63, 3.8) is 0 Å². The molecule has 0 saturated carbocycles. The molecule has 2 aliphatic rings. The van der Waals surface area contributed by atoms with Gasteiger partial charge in [0.2, 0.25) is 0 Å². The molecule has 1 atom stereocenters. The zero-order valence-electron chi connectivity index (χ0n) is 25.4. The largest absolute Gasteiger partial charge is 0.318 e. The number of hydrogen-bond donors (Lipinski definition) is 0. The SMILES string of the molecule is CCC(C)c1ccc(N(C2=CC=C(/C=C(/c3ccccc3)C(C)C)CC2)C2=CC=C(C(C)(C)CC)CC2)cc1. The maximum atomic E-state index is 2.55. The van der Waals surface area contributed by atoms with E-state index in [0.717, 1.165) is 25.7 Å². The Morgan fingerprint density at radius 2 is 1.44 bits per heavy atom. The van der Waals surface area contributed by atoms with E-state index in [9.17, 15) is 0 Å². The summed E-state index contributed by atoms with van der Waals surface area (Å²) in [7, 11) is 0. The molecule has 2 aliphatic carbocycles. The molecule has 1 nitrogen and oxygen atoms in total. The molecule has 206 valence electrons. The van der Waals surface area contributed by atoms with Crippen LogP contribution in [0.5, 0.6) is 0 Å². The van der Waals surface area contributed by atoms with Crippen LogP contribution < -0.4 is 4.90 Å². The van der Waals surface area contributed by atoms with Gasteiger partial charge in [0, 0.05) is 17.1 Å². The van der Waals surface area contributed by atoms with E-state index in [1.54, 1.807) is 5.57 Å². The predicted molar refractivity (Wildman–Crippen MR) is 172 cm³/mol. The van der Waals surface area contributed by atoms with Gasteiger partial charge >= 0.3 is 0 Å². The Labute approximate surface area is 238 Å². The van der Waals surface area contributed by atoms with Gasteiger partial charge in [-0.15, -0.1) is 0 Å². The lowest BCUT2D eigenvalue weighted by atomic mass is 9.77. The summed E-state index contributed by atoms with van der Waals surface area (Å²) in [4.78, 5) is 2.55. The molecule has 0 radical (unpaired) electrons. The van der Waals surface area contributed by atoms with E-state index < -0.39 is 0 Å². The molecule has 0 fully saturated rings. The first kappa shape index (κ1) is 28.9. The molecule has 0 saturated heterocycles. The maximum absolute atomic E-state index is 2.55. The number of allylic oxidation sites excluding steroid dienone is 10. The van der Waals surface area contributed by atoms with Crippen molar-refractivity contribution >= 4 is 11.3 Å². The molecule has 0 aromatic heterocycles. The van der Waals surface area contributed by atoms with Crippen LogP contribution >= 0.6 is 0 Å². The number of hydrogen-bond acceptors (Lipinski definition) is 1. The van der Waals surface area contributed by atoms with Gasteiger partial charge in [0.15, 0.2) is 0 Å². The van der Waals surface area contributed by atoms with Crippen LogP contribution in [0, 0.1) is 11.3 Å². The minimum absolute atomic E-state index is 0.270. The van der Waals surface area contributed by atoms with E-state index >= 15 is 0 Å². The van der Waals surface area contributed by atoms with Gasteiger partial charge in [-0.25, -0.2) is 0 Å². The Morgan fingerprint density at radius 3 is 1.95 bits per heavy atom. The second kappa shape index (κ2) is 12.9. The Balaban J connectivity index is 1.70. The average Bonchev–Trinajstić information content (AvgIpc) is 2.97. The highest BCUT2D eigenvalue weighted by Gasteiger charge is 2.26. The maximum Gasteiger partial charge on any atom is 0.0455 e. The van der Waals surface area contributed by atoms with Crippen molar-refractivity contribution in [3.05, 3.63) is 119 Å². The smallest absolute Gasteiger partial charge is 0.0455 e. The molecule has 0 heterocycles. The summed E-state index contributed by atoms with van der Waals surface area (Å²) in [5.74, 6) is 1.08. The van der Waals surface area contributed by atoms with E-state index in [1.807, 2.05) is 0 Å². The summed E-state index contributed by atoms with van der Waals surface area (Å²) in [5.41, 5.74) is 11.5. The molecule has 39 heavy (non-hydrogen) atoms. The monoisotopic (exact) mass is 519 g/mol. The third-order valence-electron chi connectivity index (χ3n) is 9.02. The number of anilines is 1. The minimum atomic E-state index is 0.270. The van der Waals surface area contributed by atoms with E-state index in [2.05, 4.69) is 138 Å². The highest BCUT2D eigenvalue weighted by atomic mass is 15.2. The van der Waals surface area contributed by atoms with Gasteiger partial charge in [0.1, 0.15) is 0 Å². The zero-order chi connectivity index (χ0) is 28.0. The average molecular weight is 520 g/mol. The third kappa shape index (κ3) is 6.93. The van der Waals surface area contributed by atoms with Gasteiger partial charge in [-0.1, -0.05) is 115 Å². The van der Waals surface area contributed by atoms with E-state index in [4.69, 9.17) is 0 Å². The molecule has 0 N–H and O–H groups in total. The lowest BCUT2D eigenvalue weighted by molar-refractivity contribution is 0.411. The van der Waals surface area contributed by atoms with Crippen molar-refractivity contribution < 1.29 is 0 Å². The summed E-state index contributed by atoms with van der Waals surface area (Å²) < 4.78 is 0. The van der Waals surface area contributed by atoms with Crippen LogP contribution in [0.15, 0.2) is 108 Å². The van der Waals surface area contributed by atoms with Crippen LogP contribution in [0.3, 0.4) is 0 Å². The third-order valence-corrected chi connectivity index (χ3v) is 9.02. The Morgan fingerprint density at radius 1 is 0.795 bits per heavy atom. The van der Waals surface area contributed by atoms with Gasteiger partial charge in [-0.2, -0.15) is 0 Å². The second-order valence-corrected chi connectivity index (χ2v) is 12.3. The molecule has 0 aliphatic heterocycles. The summed E-state index contributed by atoms with van der Waals surface area (Å²) >= 11 is 0. The van der Waals surface area contributed by atoms with E-state index in [0.29, 0.717) is 11.8 Å². The summed E-state index contributed by atoms with van der Waals surface area (Å²) in [6.07, 6.45) is 18.6. The quantitative estimate of drug-likeness (QED) is 0.302. The lowest BCUT2D eigenvalue weighted by Gasteiger charge is -2.35.